The molecule has 3 N–H and O–H groups in total. The minimum atomic E-state index is -0.343. The van der Waals surface area contributed by atoms with Crippen molar-refractivity contribution >= 4 is 5.91 Å². The molecule has 0 aromatic heterocycles. The van der Waals surface area contributed by atoms with Crippen LogP contribution in [0, 0.1) is 0 Å². The van der Waals surface area contributed by atoms with Crippen LogP contribution in [0.3, 0.4) is 0 Å². The maximum Gasteiger partial charge on any atom is 0.244 e. The average molecular weight is 160 g/mol. The van der Waals surface area contributed by atoms with Crippen LogP contribution in [-0.4, -0.2) is 18.1 Å². The lowest BCUT2D eigenvalue weighted by Crippen LogP contribution is -2.34. The lowest BCUT2D eigenvalue weighted by Gasteiger charge is -2.18. The third-order valence-electron chi connectivity index (χ3n) is 0.842. The molecule has 0 aliphatic rings. The number of nitrogens with two attached hydrogens (primary N) is 1. The summed E-state index contributed by atoms with van der Waals surface area (Å²) in [7, 11) is 0. The Morgan fingerprint density at radius 1 is 1.55 bits per heavy atom. The topological polar surface area (TPSA) is 64.3 Å². The van der Waals surface area contributed by atoms with Crippen molar-refractivity contribution in [2.75, 3.05) is 6.54 Å². The summed E-state index contributed by atoms with van der Waals surface area (Å²) >= 11 is 0. The van der Waals surface area contributed by atoms with Gasteiger partial charge in [-0.05, 0) is 20.8 Å². The second-order valence-corrected chi connectivity index (χ2v) is 3.28. The second-order valence-electron chi connectivity index (χ2n) is 3.28. The zero-order valence-electron chi connectivity index (χ0n) is 7.31. The monoisotopic (exact) mass is 160 g/mol. The molecule has 0 aliphatic carbocycles. The van der Waals surface area contributed by atoms with Gasteiger partial charge in [-0.25, -0.2) is 5.48 Å². The van der Waals surface area contributed by atoms with Crippen LogP contribution in [-0.2, 0) is 9.63 Å². The summed E-state index contributed by atoms with van der Waals surface area (Å²) < 4.78 is 0. The number of carbonyl (C=O) groups excluding carboxylic acids is 1. The van der Waals surface area contributed by atoms with Crippen molar-refractivity contribution in [2.24, 2.45) is 5.73 Å². The van der Waals surface area contributed by atoms with Gasteiger partial charge >= 0.3 is 0 Å². The smallest absolute Gasteiger partial charge is 0.244 e. The van der Waals surface area contributed by atoms with E-state index < -0.39 is 0 Å². The molecule has 0 aromatic carbocycles. The van der Waals surface area contributed by atoms with E-state index in [1.165, 1.54) is 0 Å². The van der Waals surface area contributed by atoms with Crippen molar-refractivity contribution in [3.05, 3.63) is 0 Å². The number of hydroxylamine groups is 1. The second kappa shape index (κ2) is 4.31. The quantitative estimate of drug-likeness (QED) is 0.579. The molecule has 11 heavy (non-hydrogen) atoms. The Morgan fingerprint density at radius 3 is 2.45 bits per heavy atom. The van der Waals surface area contributed by atoms with Gasteiger partial charge in [-0.1, -0.05) is 0 Å². The van der Waals surface area contributed by atoms with Gasteiger partial charge in [0.15, 0.2) is 0 Å². The van der Waals surface area contributed by atoms with Crippen LogP contribution in [0.15, 0.2) is 0 Å². The van der Waals surface area contributed by atoms with E-state index in [0.29, 0.717) is 13.0 Å². The van der Waals surface area contributed by atoms with Crippen LogP contribution in [0.2, 0.25) is 0 Å². The van der Waals surface area contributed by atoms with Gasteiger partial charge in [0.05, 0.1) is 5.60 Å². The highest BCUT2D eigenvalue weighted by Gasteiger charge is 2.11. The molecule has 0 saturated heterocycles. The Bertz CT molecular complexity index is 129. The van der Waals surface area contributed by atoms with Gasteiger partial charge < -0.3 is 5.73 Å². The minimum absolute atomic E-state index is 0.178. The molecule has 0 aromatic rings. The van der Waals surface area contributed by atoms with Crippen molar-refractivity contribution in [1.29, 1.82) is 0 Å². The molecule has 66 valence electrons. The molecular weight excluding hydrogens is 144 g/mol. The van der Waals surface area contributed by atoms with Gasteiger partial charge in [0.1, 0.15) is 0 Å². The third kappa shape index (κ3) is 7.29. The van der Waals surface area contributed by atoms with E-state index in [1.54, 1.807) is 0 Å². The Labute approximate surface area is 67.0 Å². The maximum atomic E-state index is 10.8. The summed E-state index contributed by atoms with van der Waals surface area (Å²) in [5, 5.41) is 0. The van der Waals surface area contributed by atoms with Crippen LogP contribution < -0.4 is 11.2 Å². The van der Waals surface area contributed by atoms with Gasteiger partial charge in [-0.15, -0.1) is 0 Å². The Balaban J connectivity index is 3.46. The summed E-state index contributed by atoms with van der Waals surface area (Å²) in [6, 6.07) is 0. The molecular formula is C7H16N2O2. The van der Waals surface area contributed by atoms with E-state index in [1.807, 2.05) is 20.8 Å². The maximum absolute atomic E-state index is 10.8. The van der Waals surface area contributed by atoms with Crippen molar-refractivity contribution in [3.8, 4) is 0 Å². The molecule has 0 rings (SSSR count). The molecule has 0 spiro atoms. The molecule has 0 fully saturated rings. The van der Waals surface area contributed by atoms with E-state index in [0.717, 1.165) is 0 Å². The predicted molar refractivity (Wildman–Crippen MR) is 42.7 cm³/mol. The van der Waals surface area contributed by atoms with Gasteiger partial charge in [-0.2, -0.15) is 0 Å². The van der Waals surface area contributed by atoms with Crippen molar-refractivity contribution in [3.63, 3.8) is 0 Å². The standard InChI is InChI=1S/C7H16N2O2/c1-7(2,3)11-9-6(10)4-5-8/h4-5,8H2,1-3H3,(H,9,10). The highest BCUT2D eigenvalue weighted by atomic mass is 16.7. The summed E-state index contributed by atoms with van der Waals surface area (Å²) in [4.78, 5) is 15.8. The molecule has 0 atom stereocenters. The largest absolute Gasteiger partial charge is 0.330 e. The molecule has 1 amide bonds. The number of nitrogens with one attached hydrogen (secondary N) is 1. The Kier molecular flexibility index (Phi) is 4.07. The summed E-state index contributed by atoms with van der Waals surface area (Å²) in [6.45, 7) is 5.92. The van der Waals surface area contributed by atoms with Gasteiger partial charge in [0, 0.05) is 13.0 Å². The first-order valence-corrected chi connectivity index (χ1v) is 3.62. The van der Waals surface area contributed by atoms with Crippen molar-refractivity contribution < 1.29 is 9.63 Å². The highest BCUT2D eigenvalue weighted by Crippen LogP contribution is 2.03. The van der Waals surface area contributed by atoms with Gasteiger partial charge in [0.25, 0.3) is 0 Å². The summed E-state index contributed by atoms with van der Waals surface area (Å²) in [6.07, 6.45) is 0.302. The lowest BCUT2D eigenvalue weighted by atomic mass is 10.2. The van der Waals surface area contributed by atoms with Crippen molar-refractivity contribution in [2.45, 2.75) is 32.8 Å². The molecule has 4 heteroatoms. The fraction of sp³-hybridized carbons (Fsp3) is 0.857. The normalized spacial score (nSPS) is 11.3. The predicted octanol–water partition coefficient (Wildman–Crippen LogP) is 0.182. The fourth-order valence-electron chi connectivity index (χ4n) is 0.392. The fourth-order valence-corrected chi connectivity index (χ4v) is 0.392. The molecule has 0 unspecified atom stereocenters. The zero-order valence-corrected chi connectivity index (χ0v) is 7.31. The molecule has 0 bridgehead atoms. The van der Waals surface area contributed by atoms with Gasteiger partial charge in [-0.3, -0.25) is 9.63 Å². The SMILES string of the molecule is CC(C)(C)ONC(=O)CCN. The third-order valence-corrected chi connectivity index (χ3v) is 0.842. The number of amides is 1. The molecule has 4 nitrogen and oxygen atoms in total. The van der Waals surface area contributed by atoms with Gasteiger partial charge in [0.2, 0.25) is 5.91 Å². The zero-order chi connectivity index (χ0) is 8.91. The first-order chi connectivity index (χ1) is 4.95. The van der Waals surface area contributed by atoms with Crippen LogP contribution >= 0.6 is 0 Å². The Morgan fingerprint density at radius 2 is 2.09 bits per heavy atom. The number of rotatable bonds is 3. The average Bonchev–Trinajstić information content (AvgIpc) is 1.83. The van der Waals surface area contributed by atoms with E-state index >= 15 is 0 Å². The number of carbonyl (C=O) groups is 1. The lowest BCUT2D eigenvalue weighted by molar-refractivity contribution is -0.145. The van der Waals surface area contributed by atoms with E-state index in [2.05, 4.69) is 5.48 Å². The minimum Gasteiger partial charge on any atom is -0.330 e. The van der Waals surface area contributed by atoms with E-state index in [4.69, 9.17) is 10.6 Å². The molecule has 0 radical (unpaired) electrons. The van der Waals surface area contributed by atoms with Crippen LogP contribution in [0.4, 0.5) is 0 Å². The Hall–Kier alpha value is -0.610. The highest BCUT2D eigenvalue weighted by molar-refractivity contribution is 5.74. The number of hydrogen-bond donors (Lipinski definition) is 2. The summed E-state index contributed by atoms with van der Waals surface area (Å²) in [5.74, 6) is -0.178. The van der Waals surface area contributed by atoms with E-state index in [-0.39, 0.29) is 11.5 Å². The first kappa shape index (κ1) is 10.4. The van der Waals surface area contributed by atoms with Crippen LogP contribution in [0.1, 0.15) is 27.2 Å². The molecule has 0 saturated carbocycles. The number of hydrogen-bond acceptors (Lipinski definition) is 3. The van der Waals surface area contributed by atoms with Crippen LogP contribution in [0.5, 0.6) is 0 Å². The first-order valence-electron chi connectivity index (χ1n) is 3.62. The van der Waals surface area contributed by atoms with Crippen LogP contribution in [0.25, 0.3) is 0 Å². The van der Waals surface area contributed by atoms with Crippen molar-refractivity contribution in [1.82, 2.24) is 5.48 Å². The molecule has 0 aliphatic heterocycles. The summed E-state index contributed by atoms with van der Waals surface area (Å²) in [5.41, 5.74) is 7.11. The van der Waals surface area contributed by atoms with E-state index in [9.17, 15) is 4.79 Å². The molecule has 0 heterocycles.